The van der Waals surface area contributed by atoms with Crippen molar-refractivity contribution in [3.8, 4) is 0 Å². The van der Waals surface area contributed by atoms with Crippen LogP contribution >= 0.6 is 15.9 Å². The second-order valence-corrected chi connectivity index (χ2v) is 3.43. The Morgan fingerprint density at radius 2 is 2.33 bits per heavy atom. The fraction of sp³-hybridized carbons (Fsp3) is 0.400. The van der Waals surface area contributed by atoms with Crippen molar-refractivity contribution in [1.29, 1.82) is 0 Å². The van der Waals surface area contributed by atoms with Crippen molar-refractivity contribution in [2.75, 3.05) is 11.9 Å². The van der Waals surface area contributed by atoms with E-state index in [0.717, 1.165) is 0 Å². The first-order valence-corrected chi connectivity index (χ1v) is 5.70. The Bertz CT molecular complexity index is 322. The van der Waals surface area contributed by atoms with Gasteiger partial charge in [0.2, 0.25) is 6.41 Å². The molecule has 0 fully saturated rings. The molecule has 0 saturated heterocycles. The highest BCUT2D eigenvalue weighted by atomic mass is 79.9. The molecule has 0 aromatic heterocycles. The highest BCUT2D eigenvalue weighted by Crippen LogP contribution is 2.20. The Labute approximate surface area is 96.4 Å². The van der Waals surface area contributed by atoms with Gasteiger partial charge in [0.05, 0.1) is 5.69 Å². The number of aliphatic hydroxyl groups excluding tert-OH is 1. The fourth-order valence-electron chi connectivity index (χ4n) is 1.13. The minimum absolute atomic E-state index is 0.230. The molecule has 0 radical (unpaired) electrons. The summed E-state index contributed by atoms with van der Waals surface area (Å²) in [6.07, 6.45) is -1.19. The van der Waals surface area contributed by atoms with Gasteiger partial charge in [0.1, 0.15) is 5.82 Å². The lowest BCUT2D eigenvalue weighted by molar-refractivity contribution is -0.0732. The number of anilines is 1. The second-order valence-electron chi connectivity index (χ2n) is 2.86. The second kappa shape index (κ2) is 6.05. The number of alkyl halides is 1. The van der Waals surface area contributed by atoms with Gasteiger partial charge in [-0.2, -0.15) is 0 Å². The monoisotopic (exact) mass is 277 g/mol. The highest BCUT2D eigenvalue weighted by molar-refractivity contribution is 9.08. The molecule has 3 nitrogen and oxygen atoms in total. The SMILES string of the molecule is CCOC(O)Nc1cccc(CBr)c1F. The first-order chi connectivity index (χ1) is 7.19. The van der Waals surface area contributed by atoms with E-state index >= 15 is 0 Å². The van der Waals surface area contributed by atoms with Gasteiger partial charge in [0, 0.05) is 17.5 Å². The summed E-state index contributed by atoms with van der Waals surface area (Å²) >= 11 is 3.18. The van der Waals surface area contributed by atoms with Gasteiger partial charge < -0.3 is 15.2 Å². The molecule has 0 aliphatic rings. The number of benzene rings is 1. The molecule has 2 N–H and O–H groups in total. The summed E-state index contributed by atoms with van der Waals surface area (Å²) in [4.78, 5) is 0. The third kappa shape index (κ3) is 3.44. The van der Waals surface area contributed by atoms with E-state index in [1.807, 2.05) is 0 Å². The molecule has 0 spiro atoms. The van der Waals surface area contributed by atoms with Crippen LogP contribution in [0.5, 0.6) is 0 Å². The lowest BCUT2D eigenvalue weighted by Gasteiger charge is -2.15. The largest absolute Gasteiger partial charge is 0.351 e. The van der Waals surface area contributed by atoms with Crippen molar-refractivity contribution in [2.24, 2.45) is 0 Å². The van der Waals surface area contributed by atoms with E-state index in [-0.39, 0.29) is 11.5 Å². The highest BCUT2D eigenvalue weighted by Gasteiger charge is 2.09. The predicted molar refractivity (Wildman–Crippen MR) is 60.3 cm³/mol. The van der Waals surface area contributed by atoms with Crippen LogP contribution in [0.15, 0.2) is 18.2 Å². The average molecular weight is 278 g/mol. The van der Waals surface area contributed by atoms with Crippen molar-refractivity contribution in [1.82, 2.24) is 0 Å². The van der Waals surface area contributed by atoms with Gasteiger partial charge in [-0.3, -0.25) is 0 Å². The first kappa shape index (κ1) is 12.4. The minimum atomic E-state index is -1.19. The molecular formula is C10H13BrFNO2. The number of ether oxygens (including phenoxy) is 1. The van der Waals surface area contributed by atoms with Crippen LogP contribution < -0.4 is 5.32 Å². The van der Waals surface area contributed by atoms with E-state index in [9.17, 15) is 9.50 Å². The Morgan fingerprint density at radius 1 is 1.60 bits per heavy atom. The topological polar surface area (TPSA) is 41.5 Å². The van der Waals surface area contributed by atoms with Crippen LogP contribution in [-0.2, 0) is 10.1 Å². The molecule has 1 atom stereocenters. The molecule has 15 heavy (non-hydrogen) atoms. The standard InChI is InChI=1S/C10H13BrFNO2/c1-2-15-10(14)13-8-5-3-4-7(6-11)9(8)12/h3-5,10,13-14H,2,6H2,1H3. The Balaban J connectivity index is 2.76. The van der Waals surface area contributed by atoms with Crippen molar-refractivity contribution >= 4 is 21.6 Å². The molecule has 0 heterocycles. The van der Waals surface area contributed by atoms with Crippen LogP contribution in [0.2, 0.25) is 0 Å². The molecule has 1 aromatic rings. The third-order valence-electron chi connectivity index (χ3n) is 1.83. The van der Waals surface area contributed by atoms with E-state index in [2.05, 4.69) is 21.2 Å². The molecule has 1 rings (SSSR count). The number of hydrogen-bond acceptors (Lipinski definition) is 3. The molecule has 0 saturated carbocycles. The van der Waals surface area contributed by atoms with Crippen LogP contribution in [0.1, 0.15) is 12.5 Å². The van der Waals surface area contributed by atoms with Gasteiger partial charge in [0.15, 0.2) is 0 Å². The number of nitrogens with one attached hydrogen (secondary N) is 1. The van der Waals surface area contributed by atoms with Gasteiger partial charge in [-0.05, 0) is 13.0 Å². The van der Waals surface area contributed by atoms with Gasteiger partial charge in [-0.25, -0.2) is 4.39 Å². The lowest BCUT2D eigenvalue weighted by Crippen LogP contribution is -2.23. The van der Waals surface area contributed by atoms with E-state index in [4.69, 9.17) is 4.74 Å². The quantitative estimate of drug-likeness (QED) is 0.642. The minimum Gasteiger partial charge on any atom is -0.351 e. The molecule has 0 aliphatic carbocycles. The summed E-state index contributed by atoms with van der Waals surface area (Å²) in [7, 11) is 0. The maximum atomic E-state index is 13.6. The zero-order valence-corrected chi connectivity index (χ0v) is 9.92. The smallest absolute Gasteiger partial charge is 0.235 e. The fourth-order valence-corrected chi connectivity index (χ4v) is 1.56. The van der Waals surface area contributed by atoms with E-state index in [0.29, 0.717) is 17.5 Å². The average Bonchev–Trinajstić information content (AvgIpc) is 2.21. The Kier molecular flexibility index (Phi) is 5.01. The molecule has 5 heteroatoms. The summed E-state index contributed by atoms with van der Waals surface area (Å²) in [5, 5.41) is 12.2. The van der Waals surface area contributed by atoms with Gasteiger partial charge >= 0.3 is 0 Å². The van der Waals surface area contributed by atoms with Crippen LogP contribution in [0.3, 0.4) is 0 Å². The van der Waals surface area contributed by atoms with E-state index in [1.165, 1.54) is 0 Å². The summed E-state index contributed by atoms with van der Waals surface area (Å²) in [5.74, 6) is -0.381. The maximum absolute atomic E-state index is 13.6. The number of rotatable bonds is 5. The molecule has 0 aliphatic heterocycles. The van der Waals surface area contributed by atoms with Crippen molar-refractivity contribution in [2.45, 2.75) is 18.7 Å². The van der Waals surface area contributed by atoms with Crippen molar-refractivity contribution < 1.29 is 14.2 Å². The molecular weight excluding hydrogens is 265 g/mol. The molecule has 0 amide bonds. The van der Waals surface area contributed by atoms with Crippen LogP contribution in [0.4, 0.5) is 10.1 Å². The normalized spacial score (nSPS) is 12.5. The summed E-state index contributed by atoms with van der Waals surface area (Å²) in [6, 6.07) is 4.92. The van der Waals surface area contributed by atoms with Crippen LogP contribution in [0.25, 0.3) is 0 Å². The molecule has 0 bridgehead atoms. The lowest BCUT2D eigenvalue weighted by atomic mass is 10.2. The Hall–Kier alpha value is -0.650. The van der Waals surface area contributed by atoms with Crippen LogP contribution in [-0.4, -0.2) is 18.1 Å². The number of halogens is 2. The first-order valence-electron chi connectivity index (χ1n) is 4.58. The van der Waals surface area contributed by atoms with Crippen molar-refractivity contribution in [3.05, 3.63) is 29.6 Å². The predicted octanol–water partition coefficient (Wildman–Crippen LogP) is 2.44. The zero-order chi connectivity index (χ0) is 11.3. The van der Waals surface area contributed by atoms with Gasteiger partial charge in [0.25, 0.3) is 0 Å². The molecule has 1 aromatic carbocycles. The molecule has 84 valence electrons. The van der Waals surface area contributed by atoms with E-state index in [1.54, 1.807) is 25.1 Å². The summed E-state index contributed by atoms with van der Waals surface area (Å²) in [5.41, 5.74) is 0.761. The third-order valence-corrected chi connectivity index (χ3v) is 2.43. The Morgan fingerprint density at radius 3 is 2.93 bits per heavy atom. The van der Waals surface area contributed by atoms with Gasteiger partial charge in [-0.1, -0.05) is 28.1 Å². The van der Waals surface area contributed by atoms with Crippen LogP contribution in [0, 0.1) is 5.82 Å². The maximum Gasteiger partial charge on any atom is 0.235 e. The zero-order valence-electron chi connectivity index (χ0n) is 8.34. The summed E-state index contributed by atoms with van der Waals surface area (Å²) in [6.45, 7) is 2.10. The number of aliphatic hydroxyl groups is 1. The van der Waals surface area contributed by atoms with Gasteiger partial charge in [-0.15, -0.1) is 0 Å². The van der Waals surface area contributed by atoms with Crippen molar-refractivity contribution in [3.63, 3.8) is 0 Å². The summed E-state index contributed by atoms with van der Waals surface area (Å²) < 4.78 is 18.5. The number of hydrogen-bond donors (Lipinski definition) is 2. The molecule has 1 unspecified atom stereocenters. The van der Waals surface area contributed by atoms with E-state index < -0.39 is 6.41 Å².